The molecule has 0 aliphatic carbocycles. The fourth-order valence-corrected chi connectivity index (χ4v) is 3.13. The molecule has 0 aromatic carbocycles. The fourth-order valence-electron chi connectivity index (χ4n) is 3.13. The van der Waals surface area contributed by atoms with Crippen LogP contribution in [0, 0.1) is 35.5 Å². The van der Waals surface area contributed by atoms with Gasteiger partial charge in [0.1, 0.15) is 0 Å². The molecule has 0 spiro atoms. The Morgan fingerprint density at radius 3 is 2.19 bits per heavy atom. The van der Waals surface area contributed by atoms with E-state index >= 15 is 0 Å². The van der Waals surface area contributed by atoms with Crippen LogP contribution in [-0.2, 0) is 0 Å². The van der Waals surface area contributed by atoms with Gasteiger partial charge in [0, 0.05) is 18.5 Å². The highest BCUT2D eigenvalue weighted by atomic mass is 15.2. The van der Waals surface area contributed by atoms with Crippen LogP contribution in [0.5, 0.6) is 0 Å². The first-order valence-corrected chi connectivity index (χ1v) is 8.31. The molecule has 4 unspecified atom stereocenters. The lowest BCUT2D eigenvalue weighted by Crippen LogP contribution is -2.44. The third-order valence-electron chi connectivity index (χ3n) is 4.56. The van der Waals surface area contributed by atoms with Crippen LogP contribution in [0.3, 0.4) is 0 Å². The topological polar surface area (TPSA) is 27.0 Å². The molecular formula is C19H32N2. The molecule has 21 heavy (non-hydrogen) atoms. The van der Waals surface area contributed by atoms with Crippen LogP contribution >= 0.6 is 0 Å². The fraction of sp³-hybridized carbons (Fsp3) is 0.737. The molecule has 0 fully saturated rings. The second kappa shape index (κ2) is 11.3. The Morgan fingerprint density at radius 1 is 1.14 bits per heavy atom. The van der Waals surface area contributed by atoms with E-state index in [2.05, 4.69) is 56.9 Å². The van der Waals surface area contributed by atoms with Crippen molar-refractivity contribution < 1.29 is 0 Å². The standard InChI is InChI=1S/C19H32N2/c1-7-12-18(16(6)9-3)19(11-5)21(15-8-2)17(10-4)13-14-20/h1,8,15-19H,9-13H2,2-6H3/b15-8-. The van der Waals surface area contributed by atoms with Gasteiger partial charge in [-0.1, -0.05) is 40.2 Å². The normalized spacial score (nSPS) is 16.7. The predicted molar refractivity (Wildman–Crippen MR) is 91.4 cm³/mol. The summed E-state index contributed by atoms with van der Waals surface area (Å²) in [6.07, 6.45) is 14.4. The van der Waals surface area contributed by atoms with Gasteiger partial charge in [-0.05, 0) is 37.8 Å². The van der Waals surface area contributed by atoms with E-state index in [9.17, 15) is 0 Å². The molecule has 4 atom stereocenters. The number of rotatable bonds is 10. The van der Waals surface area contributed by atoms with Crippen LogP contribution in [0.25, 0.3) is 0 Å². The molecule has 0 radical (unpaired) electrons. The molecule has 0 saturated carbocycles. The highest BCUT2D eigenvalue weighted by Gasteiger charge is 2.30. The average Bonchev–Trinajstić information content (AvgIpc) is 2.50. The molecule has 2 nitrogen and oxygen atoms in total. The number of nitriles is 1. The van der Waals surface area contributed by atoms with Crippen LogP contribution in [0.4, 0.5) is 0 Å². The molecule has 0 aromatic heterocycles. The van der Waals surface area contributed by atoms with Crippen molar-refractivity contribution >= 4 is 0 Å². The van der Waals surface area contributed by atoms with Gasteiger partial charge < -0.3 is 4.90 Å². The Kier molecular flexibility index (Phi) is 10.5. The number of terminal acetylenes is 1. The Morgan fingerprint density at radius 2 is 1.81 bits per heavy atom. The van der Waals surface area contributed by atoms with E-state index in [1.807, 2.05) is 6.92 Å². The summed E-state index contributed by atoms with van der Waals surface area (Å²) in [5.74, 6) is 3.94. The van der Waals surface area contributed by atoms with E-state index in [0.29, 0.717) is 24.3 Å². The first-order chi connectivity index (χ1) is 10.1. The van der Waals surface area contributed by atoms with Gasteiger partial charge in [-0.25, -0.2) is 0 Å². The quantitative estimate of drug-likeness (QED) is 0.530. The third-order valence-corrected chi connectivity index (χ3v) is 4.56. The largest absolute Gasteiger partial charge is 0.370 e. The van der Waals surface area contributed by atoms with Crippen LogP contribution in [-0.4, -0.2) is 17.0 Å². The lowest BCUT2D eigenvalue weighted by molar-refractivity contribution is 0.112. The third kappa shape index (κ3) is 5.84. The molecule has 0 heterocycles. The van der Waals surface area contributed by atoms with Crippen molar-refractivity contribution in [3.05, 3.63) is 12.3 Å². The van der Waals surface area contributed by atoms with Crippen molar-refractivity contribution in [2.75, 3.05) is 0 Å². The Labute approximate surface area is 132 Å². The van der Waals surface area contributed by atoms with Crippen LogP contribution in [0.2, 0.25) is 0 Å². The van der Waals surface area contributed by atoms with Crippen LogP contribution in [0.1, 0.15) is 66.7 Å². The zero-order valence-corrected chi connectivity index (χ0v) is 14.5. The maximum atomic E-state index is 9.10. The minimum Gasteiger partial charge on any atom is -0.370 e. The Bertz CT molecular complexity index is 372. The van der Waals surface area contributed by atoms with Gasteiger partial charge in [0.05, 0.1) is 12.5 Å². The van der Waals surface area contributed by atoms with E-state index < -0.39 is 0 Å². The van der Waals surface area contributed by atoms with Crippen molar-refractivity contribution in [1.29, 1.82) is 5.26 Å². The molecule has 118 valence electrons. The number of allylic oxidation sites excluding steroid dienone is 1. The summed E-state index contributed by atoms with van der Waals surface area (Å²) >= 11 is 0. The van der Waals surface area contributed by atoms with Gasteiger partial charge in [0.15, 0.2) is 0 Å². The summed E-state index contributed by atoms with van der Waals surface area (Å²) in [5, 5.41) is 9.10. The van der Waals surface area contributed by atoms with Gasteiger partial charge in [0.25, 0.3) is 0 Å². The SMILES string of the molecule is C#CCC(C(C)CC)C(CC)N(/C=C\C)C(CC)CC#N. The number of hydrogen-bond donors (Lipinski definition) is 0. The molecule has 0 aliphatic heterocycles. The van der Waals surface area contributed by atoms with E-state index in [-0.39, 0.29) is 6.04 Å². The molecule has 0 rings (SSSR count). The molecular weight excluding hydrogens is 256 g/mol. The van der Waals surface area contributed by atoms with Gasteiger partial charge in [-0.2, -0.15) is 5.26 Å². The maximum Gasteiger partial charge on any atom is 0.0643 e. The smallest absolute Gasteiger partial charge is 0.0643 e. The predicted octanol–water partition coefficient (Wildman–Crippen LogP) is 4.98. The summed E-state index contributed by atoms with van der Waals surface area (Å²) in [6, 6.07) is 3.02. The zero-order chi connectivity index (χ0) is 16.3. The van der Waals surface area contributed by atoms with Crippen molar-refractivity contribution in [2.45, 2.75) is 78.8 Å². The van der Waals surface area contributed by atoms with Gasteiger partial charge >= 0.3 is 0 Å². The average molecular weight is 288 g/mol. The lowest BCUT2D eigenvalue weighted by Gasteiger charge is -2.42. The Hall–Kier alpha value is -1.41. The second-order valence-corrected chi connectivity index (χ2v) is 5.79. The summed E-state index contributed by atoms with van der Waals surface area (Å²) in [5.41, 5.74) is 0. The van der Waals surface area contributed by atoms with E-state index in [1.165, 1.54) is 0 Å². The highest BCUT2D eigenvalue weighted by Crippen LogP contribution is 2.30. The highest BCUT2D eigenvalue weighted by molar-refractivity contribution is 4.99. The number of nitrogens with zero attached hydrogens (tertiary/aromatic N) is 2. The van der Waals surface area contributed by atoms with Crippen molar-refractivity contribution in [3.8, 4) is 18.4 Å². The van der Waals surface area contributed by atoms with E-state index in [4.69, 9.17) is 11.7 Å². The summed E-state index contributed by atoms with van der Waals surface area (Å²) in [4.78, 5) is 2.40. The molecule has 2 heteroatoms. The van der Waals surface area contributed by atoms with Crippen molar-refractivity contribution in [2.24, 2.45) is 11.8 Å². The second-order valence-electron chi connectivity index (χ2n) is 5.79. The van der Waals surface area contributed by atoms with Crippen molar-refractivity contribution in [1.82, 2.24) is 4.90 Å². The molecule has 0 bridgehead atoms. The molecule has 0 aliphatic rings. The minimum absolute atomic E-state index is 0.278. The van der Waals surface area contributed by atoms with Crippen LogP contribution in [0.15, 0.2) is 12.3 Å². The van der Waals surface area contributed by atoms with Crippen LogP contribution < -0.4 is 0 Å². The van der Waals surface area contributed by atoms with E-state index in [1.54, 1.807) is 0 Å². The Balaban J connectivity index is 5.46. The lowest BCUT2D eigenvalue weighted by atomic mass is 9.80. The number of hydrogen-bond acceptors (Lipinski definition) is 2. The summed E-state index contributed by atoms with van der Waals surface area (Å²) < 4.78 is 0. The van der Waals surface area contributed by atoms with Gasteiger partial charge in [0.2, 0.25) is 0 Å². The van der Waals surface area contributed by atoms with E-state index in [0.717, 1.165) is 25.7 Å². The zero-order valence-electron chi connectivity index (χ0n) is 14.5. The first kappa shape index (κ1) is 19.6. The van der Waals surface area contributed by atoms with Crippen molar-refractivity contribution in [3.63, 3.8) is 0 Å². The first-order valence-electron chi connectivity index (χ1n) is 8.31. The summed E-state index contributed by atoms with van der Waals surface area (Å²) in [6.45, 7) is 11.0. The molecule has 0 amide bonds. The summed E-state index contributed by atoms with van der Waals surface area (Å²) in [7, 11) is 0. The minimum atomic E-state index is 0.278. The monoisotopic (exact) mass is 288 g/mol. The molecule has 0 saturated heterocycles. The molecule has 0 aromatic rings. The van der Waals surface area contributed by atoms with Gasteiger partial charge in [-0.15, -0.1) is 12.3 Å². The maximum absolute atomic E-state index is 9.10. The van der Waals surface area contributed by atoms with Gasteiger partial charge in [-0.3, -0.25) is 0 Å². The molecule has 0 N–H and O–H groups in total.